The first-order chi connectivity index (χ1) is 6.84. The first kappa shape index (κ1) is 12.3. The van der Waals surface area contributed by atoms with Crippen molar-refractivity contribution in [1.82, 2.24) is 0 Å². The van der Waals surface area contributed by atoms with Crippen molar-refractivity contribution >= 4 is 5.97 Å². The molecule has 3 nitrogen and oxygen atoms in total. The Labute approximate surface area is 85.8 Å². The molecule has 1 saturated carbocycles. The standard InChI is InChI=1S/C9H14F3NO2/c1-2-15-7(14)8(13,9(10,11)12)6-4-3-5-6/h6H,2-5,13H2,1H3. The van der Waals surface area contributed by atoms with Crippen molar-refractivity contribution in [3.8, 4) is 0 Å². The van der Waals surface area contributed by atoms with Gasteiger partial charge in [-0.1, -0.05) is 6.42 Å². The van der Waals surface area contributed by atoms with Gasteiger partial charge in [0.15, 0.2) is 0 Å². The van der Waals surface area contributed by atoms with E-state index in [0.29, 0.717) is 19.3 Å². The fraction of sp³-hybridized carbons (Fsp3) is 0.889. The van der Waals surface area contributed by atoms with E-state index in [4.69, 9.17) is 5.73 Å². The lowest BCUT2D eigenvalue weighted by molar-refractivity contribution is -0.222. The molecular weight excluding hydrogens is 211 g/mol. The Morgan fingerprint density at radius 3 is 2.27 bits per heavy atom. The van der Waals surface area contributed by atoms with Crippen molar-refractivity contribution in [2.75, 3.05) is 6.61 Å². The quantitative estimate of drug-likeness (QED) is 0.742. The summed E-state index contributed by atoms with van der Waals surface area (Å²) in [5, 5.41) is 0. The average molecular weight is 225 g/mol. The Hall–Kier alpha value is -0.780. The van der Waals surface area contributed by atoms with Gasteiger partial charge in [0.25, 0.3) is 0 Å². The highest BCUT2D eigenvalue weighted by molar-refractivity contribution is 5.82. The molecule has 1 aliphatic carbocycles. The van der Waals surface area contributed by atoms with Crippen molar-refractivity contribution in [3.63, 3.8) is 0 Å². The lowest BCUT2D eigenvalue weighted by atomic mass is 9.70. The van der Waals surface area contributed by atoms with E-state index >= 15 is 0 Å². The molecule has 0 aromatic carbocycles. The number of hydrogen-bond acceptors (Lipinski definition) is 3. The maximum Gasteiger partial charge on any atom is 0.417 e. The van der Waals surface area contributed by atoms with Gasteiger partial charge in [-0.3, -0.25) is 0 Å². The maximum atomic E-state index is 12.7. The molecule has 1 fully saturated rings. The van der Waals surface area contributed by atoms with Crippen LogP contribution in [-0.4, -0.2) is 24.3 Å². The van der Waals surface area contributed by atoms with Gasteiger partial charge in [-0.15, -0.1) is 0 Å². The van der Waals surface area contributed by atoms with Crippen LogP contribution in [0.4, 0.5) is 13.2 Å². The first-order valence-corrected chi connectivity index (χ1v) is 4.86. The highest BCUT2D eigenvalue weighted by atomic mass is 19.4. The van der Waals surface area contributed by atoms with Gasteiger partial charge in [-0.2, -0.15) is 13.2 Å². The largest absolute Gasteiger partial charge is 0.464 e. The Balaban J connectivity index is 2.90. The SMILES string of the molecule is CCOC(=O)C(N)(C1CCC1)C(F)(F)F. The third-order valence-corrected chi connectivity index (χ3v) is 2.83. The number of halogens is 3. The van der Waals surface area contributed by atoms with Crippen LogP contribution in [0.15, 0.2) is 0 Å². The molecule has 6 heteroatoms. The number of nitrogens with two attached hydrogens (primary N) is 1. The van der Waals surface area contributed by atoms with E-state index in [2.05, 4.69) is 4.74 Å². The van der Waals surface area contributed by atoms with Crippen molar-refractivity contribution < 1.29 is 22.7 Å². The molecule has 1 unspecified atom stereocenters. The fourth-order valence-corrected chi connectivity index (χ4v) is 1.63. The summed E-state index contributed by atoms with van der Waals surface area (Å²) in [6.07, 6.45) is -3.41. The molecule has 0 spiro atoms. The second-order valence-electron chi connectivity index (χ2n) is 3.72. The van der Waals surface area contributed by atoms with Gasteiger partial charge >= 0.3 is 12.1 Å². The Morgan fingerprint density at radius 1 is 1.47 bits per heavy atom. The number of ether oxygens (including phenoxy) is 1. The smallest absolute Gasteiger partial charge is 0.417 e. The Bertz CT molecular complexity index is 250. The molecule has 0 aromatic heterocycles. The van der Waals surface area contributed by atoms with Crippen LogP contribution in [0, 0.1) is 5.92 Å². The van der Waals surface area contributed by atoms with Gasteiger partial charge < -0.3 is 10.5 Å². The number of carbonyl (C=O) groups excluding carboxylic acids is 1. The summed E-state index contributed by atoms with van der Waals surface area (Å²) in [4.78, 5) is 11.3. The monoisotopic (exact) mass is 225 g/mol. The van der Waals surface area contributed by atoms with Crippen molar-refractivity contribution in [3.05, 3.63) is 0 Å². The topological polar surface area (TPSA) is 52.3 Å². The molecule has 1 rings (SSSR count). The molecule has 0 aromatic rings. The molecule has 2 N–H and O–H groups in total. The predicted molar refractivity (Wildman–Crippen MR) is 46.9 cm³/mol. The summed E-state index contributed by atoms with van der Waals surface area (Å²) in [5.74, 6) is -2.20. The molecule has 0 aliphatic heterocycles. The minimum absolute atomic E-state index is 0.0966. The van der Waals surface area contributed by atoms with Crippen LogP contribution < -0.4 is 5.73 Å². The molecule has 0 bridgehead atoms. The molecule has 1 aliphatic rings. The van der Waals surface area contributed by atoms with Crippen molar-refractivity contribution in [2.24, 2.45) is 11.7 Å². The van der Waals surface area contributed by atoms with E-state index in [1.54, 1.807) is 0 Å². The molecule has 1 atom stereocenters. The van der Waals surface area contributed by atoms with Gasteiger partial charge in [0.2, 0.25) is 5.54 Å². The normalized spacial score (nSPS) is 21.7. The average Bonchev–Trinajstić information content (AvgIpc) is 1.98. The second kappa shape index (κ2) is 4.00. The minimum atomic E-state index is -4.75. The van der Waals surface area contributed by atoms with Crippen molar-refractivity contribution in [1.29, 1.82) is 0 Å². The summed E-state index contributed by atoms with van der Waals surface area (Å²) in [5.41, 5.74) is 2.39. The zero-order valence-electron chi connectivity index (χ0n) is 8.43. The highest BCUT2D eigenvalue weighted by Gasteiger charge is 2.64. The lowest BCUT2D eigenvalue weighted by Gasteiger charge is -2.41. The van der Waals surface area contributed by atoms with Crippen molar-refractivity contribution in [2.45, 2.75) is 37.9 Å². The van der Waals surface area contributed by atoms with Gasteiger partial charge in [0.1, 0.15) is 0 Å². The number of carbonyl (C=O) groups is 1. The van der Waals surface area contributed by atoms with E-state index in [1.807, 2.05) is 0 Å². The summed E-state index contributed by atoms with van der Waals surface area (Å²) in [6, 6.07) is 0. The van der Waals surface area contributed by atoms with E-state index in [1.165, 1.54) is 6.92 Å². The minimum Gasteiger partial charge on any atom is -0.464 e. The summed E-state index contributed by atoms with van der Waals surface area (Å²) in [7, 11) is 0. The van der Waals surface area contributed by atoms with Gasteiger partial charge in [-0.05, 0) is 25.7 Å². The second-order valence-corrected chi connectivity index (χ2v) is 3.72. The third kappa shape index (κ3) is 1.95. The molecule has 0 saturated heterocycles. The van der Waals surface area contributed by atoms with E-state index in [-0.39, 0.29) is 6.61 Å². The number of esters is 1. The molecule has 88 valence electrons. The van der Waals surface area contributed by atoms with Crippen LogP contribution in [0.3, 0.4) is 0 Å². The first-order valence-electron chi connectivity index (χ1n) is 4.86. The Morgan fingerprint density at radius 2 is 2.00 bits per heavy atom. The highest BCUT2D eigenvalue weighted by Crippen LogP contribution is 2.44. The third-order valence-electron chi connectivity index (χ3n) is 2.83. The fourth-order valence-electron chi connectivity index (χ4n) is 1.63. The summed E-state index contributed by atoms with van der Waals surface area (Å²) in [6.45, 7) is 1.36. The summed E-state index contributed by atoms with van der Waals surface area (Å²) >= 11 is 0. The van der Waals surface area contributed by atoms with Crippen LogP contribution >= 0.6 is 0 Å². The summed E-state index contributed by atoms with van der Waals surface area (Å²) < 4.78 is 42.6. The van der Waals surface area contributed by atoms with E-state index in [0.717, 1.165) is 0 Å². The molecule has 15 heavy (non-hydrogen) atoms. The Kier molecular flexibility index (Phi) is 3.28. The molecule has 0 heterocycles. The zero-order chi connectivity index (χ0) is 11.7. The van der Waals surface area contributed by atoms with Crippen LogP contribution in [-0.2, 0) is 9.53 Å². The number of rotatable bonds is 3. The molecule has 0 amide bonds. The van der Waals surface area contributed by atoms with Crippen LogP contribution in [0.5, 0.6) is 0 Å². The lowest BCUT2D eigenvalue weighted by Crippen LogP contribution is -2.66. The van der Waals surface area contributed by atoms with Gasteiger partial charge in [-0.25, -0.2) is 4.79 Å². The predicted octanol–water partition coefficient (Wildman–Crippen LogP) is 1.61. The molecular formula is C9H14F3NO2. The number of alkyl halides is 3. The number of hydrogen-bond donors (Lipinski definition) is 1. The van der Waals surface area contributed by atoms with Gasteiger partial charge in [0, 0.05) is 0 Å². The van der Waals surface area contributed by atoms with E-state index < -0.39 is 23.6 Å². The molecule has 0 radical (unpaired) electrons. The van der Waals surface area contributed by atoms with Crippen LogP contribution in [0.2, 0.25) is 0 Å². The van der Waals surface area contributed by atoms with Crippen LogP contribution in [0.1, 0.15) is 26.2 Å². The van der Waals surface area contributed by atoms with Crippen LogP contribution in [0.25, 0.3) is 0 Å². The van der Waals surface area contributed by atoms with E-state index in [9.17, 15) is 18.0 Å². The maximum absolute atomic E-state index is 12.7. The van der Waals surface area contributed by atoms with Gasteiger partial charge in [0.05, 0.1) is 6.61 Å². The zero-order valence-corrected chi connectivity index (χ0v) is 8.43.